The van der Waals surface area contributed by atoms with Crippen LogP contribution in [0.3, 0.4) is 0 Å². The van der Waals surface area contributed by atoms with Crippen molar-refractivity contribution in [2.24, 2.45) is 0 Å². The average Bonchev–Trinajstić information content (AvgIpc) is 2.38. The van der Waals surface area contributed by atoms with Crippen molar-refractivity contribution in [2.45, 2.75) is 19.9 Å². The standard InChI is InChI=1S/C15H14BrClFN/c1-2-10-5-3-4-6-11(10)9-19-15-13(16)7-12(18)8-14(15)17/h3-8,19H,2,9H2,1H3. The van der Waals surface area contributed by atoms with E-state index >= 15 is 0 Å². The zero-order chi connectivity index (χ0) is 13.8. The van der Waals surface area contributed by atoms with E-state index in [9.17, 15) is 4.39 Å². The van der Waals surface area contributed by atoms with Crippen LogP contribution in [0.1, 0.15) is 18.1 Å². The van der Waals surface area contributed by atoms with E-state index in [1.165, 1.54) is 23.3 Å². The highest BCUT2D eigenvalue weighted by Crippen LogP contribution is 2.32. The third kappa shape index (κ3) is 3.48. The van der Waals surface area contributed by atoms with Gasteiger partial charge in [-0.25, -0.2) is 4.39 Å². The van der Waals surface area contributed by atoms with Crippen LogP contribution in [0.5, 0.6) is 0 Å². The van der Waals surface area contributed by atoms with Gasteiger partial charge < -0.3 is 5.32 Å². The van der Waals surface area contributed by atoms with E-state index in [1.54, 1.807) is 0 Å². The van der Waals surface area contributed by atoms with Crippen molar-refractivity contribution in [3.63, 3.8) is 0 Å². The van der Waals surface area contributed by atoms with Crippen molar-refractivity contribution in [1.29, 1.82) is 0 Å². The number of nitrogens with one attached hydrogen (secondary N) is 1. The summed E-state index contributed by atoms with van der Waals surface area (Å²) in [4.78, 5) is 0. The van der Waals surface area contributed by atoms with Crippen LogP contribution in [-0.2, 0) is 13.0 Å². The molecule has 0 aliphatic rings. The molecule has 1 nitrogen and oxygen atoms in total. The van der Waals surface area contributed by atoms with Gasteiger partial charge >= 0.3 is 0 Å². The van der Waals surface area contributed by atoms with Gasteiger partial charge in [-0.3, -0.25) is 0 Å². The molecule has 4 heteroatoms. The molecule has 0 radical (unpaired) electrons. The lowest BCUT2D eigenvalue weighted by Gasteiger charge is -2.13. The minimum absolute atomic E-state index is 0.351. The Kier molecular flexibility index (Phi) is 4.83. The number of hydrogen-bond acceptors (Lipinski definition) is 1. The number of rotatable bonds is 4. The fourth-order valence-electron chi connectivity index (χ4n) is 1.97. The zero-order valence-electron chi connectivity index (χ0n) is 10.5. The van der Waals surface area contributed by atoms with Crippen LogP contribution in [0, 0.1) is 5.82 Å². The van der Waals surface area contributed by atoms with Crippen LogP contribution >= 0.6 is 27.5 Å². The molecule has 0 atom stereocenters. The number of hydrogen-bond donors (Lipinski definition) is 1. The first-order valence-corrected chi connectivity index (χ1v) is 7.24. The molecule has 2 aromatic rings. The Hall–Kier alpha value is -1.06. The zero-order valence-corrected chi connectivity index (χ0v) is 12.9. The molecule has 19 heavy (non-hydrogen) atoms. The minimum Gasteiger partial charge on any atom is -0.379 e. The number of aryl methyl sites for hydroxylation is 1. The molecule has 2 rings (SSSR count). The van der Waals surface area contributed by atoms with Crippen LogP contribution in [0.25, 0.3) is 0 Å². The third-order valence-corrected chi connectivity index (χ3v) is 3.89. The molecule has 0 aromatic heterocycles. The lowest BCUT2D eigenvalue weighted by molar-refractivity contribution is 0.627. The second kappa shape index (κ2) is 6.40. The van der Waals surface area contributed by atoms with Gasteiger partial charge in [-0.05, 0) is 45.6 Å². The van der Waals surface area contributed by atoms with Gasteiger partial charge in [-0.2, -0.15) is 0 Å². The van der Waals surface area contributed by atoms with E-state index in [-0.39, 0.29) is 5.82 Å². The van der Waals surface area contributed by atoms with Gasteiger partial charge in [-0.1, -0.05) is 42.8 Å². The molecule has 100 valence electrons. The summed E-state index contributed by atoms with van der Waals surface area (Å²) in [6.45, 7) is 2.79. The maximum absolute atomic E-state index is 13.1. The summed E-state index contributed by atoms with van der Waals surface area (Å²) in [7, 11) is 0. The van der Waals surface area contributed by atoms with Gasteiger partial charge in [0.25, 0.3) is 0 Å². The van der Waals surface area contributed by atoms with E-state index in [0.717, 1.165) is 6.42 Å². The molecule has 0 heterocycles. The molecule has 1 N–H and O–H groups in total. The largest absolute Gasteiger partial charge is 0.379 e. The first-order valence-electron chi connectivity index (χ1n) is 6.07. The maximum Gasteiger partial charge on any atom is 0.125 e. The first-order chi connectivity index (χ1) is 9.11. The van der Waals surface area contributed by atoms with Crippen molar-refractivity contribution in [1.82, 2.24) is 0 Å². The molecule has 0 saturated carbocycles. The van der Waals surface area contributed by atoms with Crippen molar-refractivity contribution in [3.8, 4) is 0 Å². The van der Waals surface area contributed by atoms with Gasteiger partial charge in [0.1, 0.15) is 5.82 Å². The van der Waals surface area contributed by atoms with Gasteiger partial charge in [0.2, 0.25) is 0 Å². The highest BCUT2D eigenvalue weighted by molar-refractivity contribution is 9.10. The van der Waals surface area contributed by atoms with E-state index in [1.807, 2.05) is 12.1 Å². The number of anilines is 1. The fraction of sp³-hybridized carbons (Fsp3) is 0.200. The maximum atomic E-state index is 13.1. The Labute approximate surface area is 125 Å². The highest BCUT2D eigenvalue weighted by Gasteiger charge is 2.08. The van der Waals surface area contributed by atoms with E-state index in [2.05, 4.69) is 40.3 Å². The summed E-state index contributed by atoms with van der Waals surface area (Å²) in [5.74, 6) is -0.351. The summed E-state index contributed by atoms with van der Waals surface area (Å²) in [6, 6.07) is 10.9. The molecular formula is C15H14BrClFN. The number of halogens is 3. The Morgan fingerprint density at radius 2 is 1.89 bits per heavy atom. The van der Waals surface area contributed by atoms with Crippen molar-refractivity contribution in [2.75, 3.05) is 5.32 Å². The van der Waals surface area contributed by atoms with Crippen LogP contribution in [-0.4, -0.2) is 0 Å². The Morgan fingerprint density at radius 3 is 2.53 bits per heavy atom. The Bertz CT molecular complexity index is 563. The molecule has 0 saturated heterocycles. The summed E-state index contributed by atoms with van der Waals surface area (Å²) in [5, 5.41) is 3.63. The number of benzene rings is 2. The molecule has 0 aliphatic carbocycles. The second-order valence-corrected chi connectivity index (χ2v) is 5.48. The first kappa shape index (κ1) is 14.4. The summed E-state index contributed by atoms with van der Waals surface area (Å²) < 4.78 is 13.8. The predicted octanol–water partition coefficient (Wildman–Crippen LogP) is 5.42. The molecule has 0 fully saturated rings. The lowest BCUT2D eigenvalue weighted by Crippen LogP contribution is -2.03. The monoisotopic (exact) mass is 341 g/mol. The van der Waals surface area contributed by atoms with Crippen LogP contribution in [0.15, 0.2) is 40.9 Å². The molecule has 2 aromatic carbocycles. The fourth-order valence-corrected chi connectivity index (χ4v) is 2.93. The van der Waals surface area contributed by atoms with E-state index in [4.69, 9.17) is 11.6 Å². The van der Waals surface area contributed by atoms with Crippen LogP contribution in [0.2, 0.25) is 5.02 Å². The summed E-state index contributed by atoms with van der Waals surface area (Å²) >= 11 is 9.36. The van der Waals surface area contributed by atoms with Gasteiger partial charge in [0, 0.05) is 11.0 Å². The minimum atomic E-state index is -0.351. The topological polar surface area (TPSA) is 12.0 Å². The van der Waals surface area contributed by atoms with Gasteiger partial charge in [-0.15, -0.1) is 0 Å². The average molecular weight is 343 g/mol. The predicted molar refractivity (Wildman–Crippen MR) is 82.3 cm³/mol. The van der Waals surface area contributed by atoms with Crippen LogP contribution in [0.4, 0.5) is 10.1 Å². The summed E-state index contributed by atoms with van der Waals surface area (Å²) in [6.07, 6.45) is 0.982. The molecule has 0 bridgehead atoms. The van der Waals surface area contributed by atoms with Crippen molar-refractivity contribution in [3.05, 3.63) is 62.8 Å². The van der Waals surface area contributed by atoms with Gasteiger partial charge in [0.05, 0.1) is 10.7 Å². The molecule has 0 unspecified atom stereocenters. The van der Waals surface area contributed by atoms with E-state index < -0.39 is 0 Å². The normalized spacial score (nSPS) is 10.5. The summed E-state index contributed by atoms with van der Waals surface area (Å²) in [5.41, 5.74) is 3.23. The van der Waals surface area contributed by atoms with Gasteiger partial charge in [0.15, 0.2) is 0 Å². The second-order valence-electron chi connectivity index (χ2n) is 4.22. The Balaban J connectivity index is 2.19. The Morgan fingerprint density at radius 1 is 1.21 bits per heavy atom. The van der Waals surface area contributed by atoms with Crippen molar-refractivity contribution >= 4 is 33.2 Å². The SMILES string of the molecule is CCc1ccccc1CNc1c(Cl)cc(F)cc1Br. The molecule has 0 spiro atoms. The quantitative estimate of drug-likeness (QED) is 0.782. The molecule has 0 amide bonds. The smallest absolute Gasteiger partial charge is 0.125 e. The third-order valence-electron chi connectivity index (χ3n) is 2.96. The molecular weight excluding hydrogens is 329 g/mol. The lowest BCUT2D eigenvalue weighted by atomic mass is 10.1. The van der Waals surface area contributed by atoms with E-state index in [0.29, 0.717) is 21.7 Å². The highest BCUT2D eigenvalue weighted by atomic mass is 79.9. The van der Waals surface area contributed by atoms with Crippen LogP contribution < -0.4 is 5.32 Å². The van der Waals surface area contributed by atoms with Crippen molar-refractivity contribution < 1.29 is 4.39 Å². The molecule has 0 aliphatic heterocycles.